The van der Waals surface area contributed by atoms with Gasteiger partial charge in [-0.2, -0.15) is 0 Å². The lowest BCUT2D eigenvalue weighted by Gasteiger charge is -2.15. The van der Waals surface area contributed by atoms with Crippen molar-refractivity contribution in [2.24, 2.45) is 0 Å². The SMILES string of the molecule is c1ccc(-c2cccc(-c3nc4ccccc4c4c(-c5ccc(-c6ccc(-c7cc(-c8ccccc8)nc(-c8ccccc8)n7)cc6)cc5)cccc34)c2)cc1.c1ccc(-c2cccc(-c3nc4ccccc4c4c(-c5ccc(-c6ccc(-c7cc(-c8ccccn8)nc(-c8ccccn8)c7)cc6)cc5)cccc34)c2)cc1. The molecule has 0 aliphatic heterocycles. The van der Waals surface area contributed by atoms with Crippen LogP contribution in [0.25, 0.3) is 200 Å². The maximum Gasteiger partial charge on any atom is 0.160 e. The molecule has 0 saturated carbocycles. The minimum atomic E-state index is 0.714. The summed E-state index contributed by atoms with van der Waals surface area (Å²) in [5.74, 6) is 0.714. The second-order valence-electron chi connectivity index (χ2n) is 27.9. The average Bonchev–Trinajstić information content (AvgIpc) is 0.746. The largest absolute Gasteiger partial charge is 0.255 e. The van der Waals surface area contributed by atoms with E-state index in [9.17, 15) is 0 Å². The number of nitrogens with zero attached hydrogens (tertiary/aromatic N) is 7. The van der Waals surface area contributed by atoms with Crippen LogP contribution in [0.1, 0.15) is 0 Å². The van der Waals surface area contributed by atoms with E-state index in [4.69, 9.17) is 24.9 Å². The first-order chi connectivity index (χ1) is 55.5. The summed E-state index contributed by atoms with van der Waals surface area (Å²) in [5.41, 5.74) is 30.6. The van der Waals surface area contributed by atoms with Gasteiger partial charge in [0.15, 0.2) is 5.82 Å². The average molecular weight is 1430 g/mol. The number of rotatable bonds is 14. The molecule has 0 unspecified atom stereocenters. The van der Waals surface area contributed by atoms with Gasteiger partial charge in [0, 0.05) is 72.5 Å². The number of pyridine rings is 5. The number of para-hydroxylation sites is 2. The number of fused-ring (bicyclic) bond motifs is 6. The minimum Gasteiger partial charge on any atom is -0.255 e. The van der Waals surface area contributed by atoms with Crippen LogP contribution >= 0.6 is 0 Å². The normalized spacial score (nSPS) is 11.2. The minimum absolute atomic E-state index is 0.714. The molecule has 6 heterocycles. The lowest BCUT2D eigenvalue weighted by atomic mass is 9.91. The molecule has 0 fully saturated rings. The first kappa shape index (κ1) is 67.5. The van der Waals surface area contributed by atoms with Gasteiger partial charge in [0.25, 0.3) is 0 Å². The van der Waals surface area contributed by atoms with Crippen molar-refractivity contribution in [3.05, 3.63) is 419 Å². The molecule has 0 radical (unpaired) electrons. The van der Waals surface area contributed by atoms with E-state index in [1.807, 2.05) is 72.8 Å². The van der Waals surface area contributed by atoms with Gasteiger partial charge in [-0.1, -0.05) is 340 Å². The van der Waals surface area contributed by atoms with Crippen molar-refractivity contribution < 1.29 is 0 Å². The Hall–Kier alpha value is -15.1. The third-order valence-electron chi connectivity index (χ3n) is 20.9. The van der Waals surface area contributed by atoms with Gasteiger partial charge in [0.05, 0.1) is 56.6 Å². The Bertz CT molecular complexity index is 6260. The summed E-state index contributed by atoms with van der Waals surface area (Å²) in [6.07, 6.45) is 3.60. The first-order valence-corrected chi connectivity index (χ1v) is 37.7. The second-order valence-corrected chi connectivity index (χ2v) is 27.9. The Morgan fingerprint density at radius 1 is 0.152 bits per heavy atom. The molecule has 0 N–H and O–H groups in total. The van der Waals surface area contributed by atoms with Crippen LogP contribution in [-0.4, -0.2) is 34.9 Å². The molecule has 7 heteroatoms. The van der Waals surface area contributed by atoms with Crippen molar-refractivity contribution in [2.45, 2.75) is 0 Å². The molecule has 0 atom stereocenters. The van der Waals surface area contributed by atoms with Crippen molar-refractivity contribution >= 4 is 43.4 Å². The Morgan fingerprint density at radius 2 is 0.464 bits per heavy atom. The lowest BCUT2D eigenvalue weighted by molar-refractivity contribution is 1.18. The molecular formula is C105H69N7. The standard InChI is InChI=1S/C53H35N3.C52H34N4/c1-4-14-36(15-5-1)43-20-12-21-44(34-43)52-47-24-13-23-45(51(47)46-22-10-11-25-48(46)54-52)39-30-26-37(27-31-39)38-28-32-41(33-29-38)50-35-49(40-16-6-2-7-17-40)55-53(56-50)42-18-8-3-9-19-42;1-2-12-35(13-3-1)40-14-10-15-41(32-40)52-45-18-11-17-43(51(45)44-16-4-5-19-46(44)56-52)39-28-26-37(27-29-39)36-22-24-38(25-23-36)42-33-49(47-20-6-8-30-53-47)55-50(34-42)48-21-7-9-31-54-48/h1-35H;1-34H. The van der Waals surface area contributed by atoms with Gasteiger partial charge in [-0.15, -0.1) is 0 Å². The molecule has 112 heavy (non-hydrogen) atoms. The zero-order valence-electron chi connectivity index (χ0n) is 61.0. The molecular weight excluding hydrogens is 1360 g/mol. The molecule has 0 aliphatic carbocycles. The third kappa shape index (κ3) is 13.7. The van der Waals surface area contributed by atoms with Gasteiger partial charge in [-0.3, -0.25) is 9.97 Å². The topological polar surface area (TPSA) is 90.2 Å². The van der Waals surface area contributed by atoms with Crippen molar-refractivity contribution in [3.63, 3.8) is 0 Å². The molecule has 6 aromatic heterocycles. The molecule has 20 aromatic rings. The van der Waals surface area contributed by atoms with E-state index >= 15 is 0 Å². The fraction of sp³-hybridized carbons (Fsp3) is 0. The maximum atomic E-state index is 5.26. The zero-order valence-corrected chi connectivity index (χ0v) is 61.0. The van der Waals surface area contributed by atoms with Crippen molar-refractivity contribution in [1.82, 2.24) is 34.9 Å². The highest BCUT2D eigenvalue weighted by Crippen LogP contribution is 2.43. The number of benzene rings is 14. The van der Waals surface area contributed by atoms with Gasteiger partial charge in [-0.05, 0) is 145 Å². The van der Waals surface area contributed by atoms with Crippen LogP contribution in [0.15, 0.2) is 419 Å². The van der Waals surface area contributed by atoms with E-state index in [1.54, 1.807) is 12.4 Å². The molecule has 0 spiro atoms. The third-order valence-corrected chi connectivity index (χ3v) is 20.9. The number of hydrogen-bond acceptors (Lipinski definition) is 7. The highest BCUT2D eigenvalue weighted by atomic mass is 14.9. The summed E-state index contributed by atoms with van der Waals surface area (Å²) in [6.45, 7) is 0. The van der Waals surface area contributed by atoms with Gasteiger partial charge in [-0.25, -0.2) is 24.9 Å². The number of aromatic nitrogens is 7. The molecule has 14 aromatic carbocycles. The van der Waals surface area contributed by atoms with Crippen LogP contribution in [-0.2, 0) is 0 Å². The Labute approximate surface area is 650 Å². The summed E-state index contributed by atoms with van der Waals surface area (Å²) < 4.78 is 0. The van der Waals surface area contributed by atoms with E-state index in [1.165, 1.54) is 49.7 Å². The van der Waals surface area contributed by atoms with Crippen molar-refractivity contribution in [2.75, 3.05) is 0 Å². The van der Waals surface area contributed by atoms with Gasteiger partial charge in [0.1, 0.15) is 0 Å². The molecule has 0 amide bonds. The first-order valence-electron chi connectivity index (χ1n) is 37.7. The van der Waals surface area contributed by atoms with E-state index < -0.39 is 0 Å². The lowest BCUT2D eigenvalue weighted by Crippen LogP contribution is -1.95. The van der Waals surface area contributed by atoms with Crippen molar-refractivity contribution in [3.8, 4) is 157 Å². The number of hydrogen-bond donors (Lipinski definition) is 0. The van der Waals surface area contributed by atoms with Gasteiger partial charge < -0.3 is 0 Å². The molecule has 0 bridgehead atoms. The van der Waals surface area contributed by atoms with Crippen LogP contribution in [0, 0.1) is 0 Å². The van der Waals surface area contributed by atoms with E-state index in [-0.39, 0.29) is 0 Å². The van der Waals surface area contributed by atoms with Crippen molar-refractivity contribution in [1.29, 1.82) is 0 Å². The smallest absolute Gasteiger partial charge is 0.160 e. The van der Waals surface area contributed by atoms with Crippen LogP contribution < -0.4 is 0 Å². The van der Waals surface area contributed by atoms with Crippen LogP contribution in [0.4, 0.5) is 0 Å². The predicted molar refractivity (Wildman–Crippen MR) is 464 cm³/mol. The summed E-state index contributed by atoms with van der Waals surface area (Å²) in [4.78, 5) is 34.6. The van der Waals surface area contributed by atoms with Gasteiger partial charge in [0.2, 0.25) is 0 Å². The Balaban J connectivity index is 0.000000151. The van der Waals surface area contributed by atoms with Crippen LogP contribution in [0.5, 0.6) is 0 Å². The molecule has 0 aliphatic rings. The van der Waals surface area contributed by atoms with Crippen LogP contribution in [0.2, 0.25) is 0 Å². The summed E-state index contributed by atoms with van der Waals surface area (Å²) in [6, 6.07) is 143. The highest BCUT2D eigenvalue weighted by molar-refractivity contribution is 6.18. The predicted octanol–water partition coefficient (Wildman–Crippen LogP) is 27.1. The quantitative estimate of drug-likeness (QED) is 0.100. The molecule has 0 saturated heterocycles. The van der Waals surface area contributed by atoms with E-state index in [0.717, 1.165) is 145 Å². The Morgan fingerprint density at radius 3 is 0.884 bits per heavy atom. The zero-order chi connectivity index (χ0) is 74.5. The molecule has 524 valence electrons. The maximum absolute atomic E-state index is 5.26. The fourth-order valence-corrected chi connectivity index (χ4v) is 15.3. The van der Waals surface area contributed by atoms with E-state index in [0.29, 0.717) is 5.82 Å². The monoisotopic (exact) mass is 1430 g/mol. The summed E-state index contributed by atoms with van der Waals surface area (Å²) in [7, 11) is 0. The molecule has 7 nitrogen and oxygen atoms in total. The Kier molecular flexibility index (Phi) is 18.3. The van der Waals surface area contributed by atoms with Crippen LogP contribution in [0.3, 0.4) is 0 Å². The van der Waals surface area contributed by atoms with Gasteiger partial charge >= 0.3 is 0 Å². The van der Waals surface area contributed by atoms with E-state index in [2.05, 4.69) is 344 Å². The second kappa shape index (κ2) is 30.3. The summed E-state index contributed by atoms with van der Waals surface area (Å²) in [5, 5.41) is 7.00. The fourth-order valence-electron chi connectivity index (χ4n) is 15.3. The highest BCUT2D eigenvalue weighted by Gasteiger charge is 2.20. The summed E-state index contributed by atoms with van der Waals surface area (Å²) >= 11 is 0. The molecule has 20 rings (SSSR count).